The molecule has 0 aliphatic rings. The van der Waals surface area contributed by atoms with Crippen molar-refractivity contribution in [3.05, 3.63) is 24.3 Å². The molecule has 0 heterocycles. The Morgan fingerprint density at radius 1 is 1.15 bits per heavy atom. The summed E-state index contributed by atoms with van der Waals surface area (Å²) < 4.78 is 31.1. The largest absolute Gasteiger partial charge is 0.388 e. The SMILES string of the molecule is CNc1ccc(NS(=O)(=O)O)cc1. The van der Waals surface area contributed by atoms with Crippen molar-refractivity contribution in [3.63, 3.8) is 0 Å². The molecular weight excluding hydrogens is 192 g/mol. The number of nitrogens with one attached hydrogen (secondary N) is 2. The van der Waals surface area contributed by atoms with Crippen molar-refractivity contribution in [1.29, 1.82) is 0 Å². The average molecular weight is 202 g/mol. The predicted octanol–water partition coefficient (Wildman–Crippen LogP) is 0.943. The van der Waals surface area contributed by atoms with E-state index in [4.69, 9.17) is 4.55 Å². The van der Waals surface area contributed by atoms with Crippen LogP contribution in [0.25, 0.3) is 0 Å². The van der Waals surface area contributed by atoms with Gasteiger partial charge in [0.15, 0.2) is 0 Å². The summed E-state index contributed by atoms with van der Waals surface area (Å²) in [5.74, 6) is 0. The Bertz CT molecular complexity index is 371. The van der Waals surface area contributed by atoms with Gasteiger partial charge in [0.1, 0.15) is 0 Å². The second-order valence-electron chi connectivity index (χ2n) is 2.40. The van der Waals surface area contributed by atoms with Gasteiger partial charge in [-0.05, 0) is 24.3 Å². The Morgan fingerprint density at radius 2 is 1.62 bits per heavy atom. The zero-order chi connectivity index (χ0) is 9.90. The lowest BCUT2D eigenvalue weighted by atomic mass is 10.3. The summed E-state index contributed by atoms with van der Waals surface area (Å²) in [6.45, 7) is 0. The highest BCUT2D eigenvalue weighted by molar-refractivity contribution is 7.87. The van der Waals surface area contributed by atoms with Crippen molar-refractivity contribution in [3.8, 4) is 0 Å². The van der Waals surface area contributed by atoms with Crippen molar-refractivity contribution in [2.45, 2.75) is 0 Å². The Hall–Kier alpha value is -1.27. The molecule has 0 radical (unpaired) electrons. The summed E-state index contributed by atoms with van der Waals surface area (Å²) in [6.07, 6.45) is 0. The highest BCUT2D eigenvalue weighted by Gasteiger charge is 2.02. The van der Waals surface area contributed by atoms with Crippen LogP contribution in [0.15, 0.2) is 24.3 Å². The fourth-order valence-corrected chi connectivity index (χ4v) is 1.29. The molecular formula is C7H10N2O3S. The lowest BCUT2D eigenvalue weighted by Gasteiger charge is -2.03. The van der Waals surface area contributed by atoms with Crippen LogP contribution in [0.2, 0.25) is 0 Å². The molecule has 0 spiro atoms. The maximum absolute atomic E-state index is 10.4. The molecule has 0 saturated carbocycles. The molecule has 0 aliphatic heterocycles. The van der Waals surface area contributed by atoms with E-state index in [1.54, 1.807) is 31.3 Å². The summed E-state index contributed by atoms with van der Waals surface area (Å²) in [5.41, 5.74) is 1.18. The number of benzene rings is 1. The Balaban J connectivity index is 2.81. The maximum atomic E-state index is 10.4. The quantitative estimate of drug-likeness (QED) is 0.637. The van der Waals surface area contributed by atoms with Crippen molar-refractivity contribution in [2.24, 2.45) is 0 Å². The minimum Gasteiger partial charge on any atom is -0.388 e. The van der Waals surface area contributed by atoms with Crippen LogP contribution in [0, 0.1) is 0 Å². The number of hydrogen-bond acceptors (Lipinski definition) is 3. The van der Waals surface area contributed by atoms with Crippen LogP contribution in [0.4, 0.5) is 11.4 Å². The third-order valence-electron chi connectivity index (χ3n) is 1.42. The number of hydrogen-bond donors (Lipinski definition) is 3. The Labute approximate surface area is 76.7 Å². The van der Waals surface area contributed by atoms with Gasteiger partial charge in [-0.15, -0.1) is 0 Å². The van der Waals surface area contributed by atoms with E-state index in [1.165, 1.54) is 0 Å². The van der Waals surface area contributed by atoms with E-state index in [2.05, 4.69) is 5.32 Å². The normalized spacial score (nSPS) is 10.9. The molecule has 0 amide bonds. The Kier molecular flexibility index (Phi) is 2.74. The van der Waals surface area contributed by atoms with E-state index in [-0.39, 0.29) is 0 Å². The molecule has 0 atom stereocenters. The summed E-state index contributed by atoms with van der Waals surface area (Å²) >= 11 is 0. The average Bonchev–Trinajstić information content (AvgIpc) is 2.03. The molecule has 0 unspecified atom stereocenters. The standard InChI is InChI=1S/C7H10N2O3S/c1-8-6-2-4-7(5-3-6)9-13(10,11)12/h2-5,8-9H,1H3,(H,10,11,12). The molecule has 6 heteroatoms. The van der Waals surface area contributed by atoms with Crippen molar-refractivity contribution >= 4 is 21.7 Å². The van der Waals surface area contributed by atoms with Gasteiger partial charge in [-0.25, -0.2) is 0 Å². The van der Waals surface area contributed by atoms with Crippen molar-refractivity contribution < 1.29 is 13.0 Å². The fourth-order valence-electron chi connectivity index (χ4n) is 0.854. The van der Waals surface area contributed by atoms with Crippen LogP contribution < -0.4 is 10.0 Å². The van der Waals surface area contributed by atoms with Gasteiger partial charge in [0, 0.05) is 12.7 Å². The predicted molar refractivity (Wildman–Crippen MR) is 51.2 cm³/mol. The molecule has 13 heavy (non-hydrogen) atoms. The molecule has 0 aliphatic carbocycles. The monoisotopic (exact) mass is 202 g/mol. The van der Waals surface area contributed by atoms with Gasteiger partial charge in [0.25, 0.3) is 0 Å². The third kappa shape index (κ3) is 3.30. The first-order valence-electron chi connectivity index (χ1n) is 3.54. The summed E-state index contributed by atoms with van der Waals surface area (Å²) in [7, 11) is -2.41. The molecule has 0 aromatic heterocycles. The van der Waals surface area contributed by atoms with Gasteiger partial charge in [-0.2, -0.15) is 8.42 Å². The first-order valence-corrected chi connectivity index (χ1v) is 4.98. The van der Waals surface area contributed by atoms with E-state index in [0.29, 0.717) is 5.69 Å². The van der Waals surface area contributed by atoms with Crippen LogP contribution >= 0.6 is 0 Å². The topological polar surface area (TPSA) is 78.4 Å². The van der Waals surface area contributed by atoms with Crippen molar-refractivity contribution in [2.75, 3.05) is 17.1 Å². The molecule has 1 aromatic carbocycles. The van der Waals surface area contributed by atoms with E-state index < -0.39 is 10.3 Å². The van der Waals surface area contributed by atoms with Crippen LogP contribution in [0.3, 0.4) is 0 Å². The summed E-state index contributed by atoms with van der Waals surface area (Å²) in [6, 6.07) is 6.46. The van der Waals surface area contributed by atoms with Crippen LogP contribution in [-0.4, -0.2) is 20.0 Å². The van der Waals surface area contributed by atoms with Gasteiger partial charge in [-0.3, -0.25) is 9.27 Å². The van der Waals surface area contributed by atoms with E-state index in [1.807, 2.05) is 4.72 Å². The lowest BCUT2D eigenvalue weighted by Crippen LogP contribution is -2.10. The van der Waals surface area contributed by atoms with Gasteiger partial charge in [0.2, 0.25) is 0 Å². The van der Waals surface area contributed by atoms with E-state index in [0.717, 1.165) is 5.69 Å². The first-order chi connectivity index (χ1) is 6.01. The molecule has 1 rings (SSSR count). The van der Waals surface area contributed by atoms with Gasteiger partial charge in [0.05, 0.1) is 5.69 Å². The smallest absolute Gasteiger partial charge is 0.357 e. The molecule has 3 N–H and O–H groups in total. The van der Waals surface area contributed by atoms with E-state index >= 15 is 0 Å². The minimum absolute atomic E-state index is 0.321. The van der Waals surface area contributed by atoms with Crippen LogP contribution in [0.5, 0.6) is 0 Å². The molecule has 5 nitrogen and oxygen atoms in total. The maximum Gasteiger partial charge on any atom is 0.357 e. The van der Waals surface area contributed by atoms with Crippen LogP contribution in [0.1, 0.15) is 0 Å². The second kappa shape index (κ2) is 3.63. The van der Waals surface area contributed by atoms with E-state index in [9.17, 15) is 8.42 Å². The number of anilines is 2. The van der Waals surface area contributed by atoms with Gasteiger partial charge >= 0.3 is 10.3 Å². The highest BCUT2D eigenvalue weighted by atomic mass is 32.2. The molecule has 1 aromatic rings. The highest BCUT2D eigenvalue weighted by Crippen LogP contribution is 2.13. The van der Waals surface area contributed by atoms with Gasteiger partial charge < -0.3 is 5.32 Å². The van der Waals surface area contributed by atoms with Crippen LogP contribution in [-0.2, 0) is 10.3 Å². The minimum atomic E-state index is -4.17. The lowest BCUT2D eigenvalue weighted by molar-refractivity contribution is 0.490. The zero-order valence-corrected chi connectivity index (χ0v) is 7.80. The summed E-state index contributed by atoms with van der Waals surface area (Å²) in [5, 5.41) is 2.88. The molecule has 0 fully saturated rings. The summed E-state index contributed by atoms with van der Waals surface area (Å²) in [4.78, 5) is 0. The molecule has 0 bridgehead atoms. The van der Waals surface area contributed by atoms with Crippen molar-refractivity contribution in [1.82, 2.24) is 0 Å². The first kappa shape index (κ1) is 9.82. The second-order valence-corrected chi connectivity index (χ2v) is 3.56. The molecule has 72 valence electrons. The third-order valence-corrected chi connectivity index (χ3v) is 1.91. The number of rotatable bonds is 3. The van der Waals surface area contributed by atoms with Gasteiger partial charge in [-0.1, -0.05) is 0 Å². The molecule has 0 saturated heterocycles. The fraction of sp³-hybridized carbons (Fsp3) is 0.143. The zero-order valence-electron chi connectivity index (χ0n) is 6.98. The Morgan fingerprint density at radius 3 is 2.00 bits per heavy atom.